The van der Waals surface area contributed by atoms with Crippen LogP contribution in [0.15, 0.2) is 297 Å². The van der Waals surface area contributed by atoms with Gasteiger partial charge in [-0.3, -0.25) is 0 Å². The van der Waals surface area contributed by atoms with Crippen LogP contribution in [0.2, 0.25) is 0 Å². The van der Waals surface area contributed by atoms with Crippen LogP contribution in [0.5, 0.6) is 0 Å². The second kappa shape index (κ2) is 19.9. The number of anilines is 8. The monoisotopic (exact) mass is 1050 g/mol. The van der Waals surface area contributed by atoms with Crippen LogP contribution in [0, 0.1) is 0 Å². The fourth-order valence-corrected chi connectivity index (χ4v) is 13.2. The van der Waals surface area contributed by atoms with Crippen LogP contribution >= 0.6 is 0 Å². The molecule has 0 spiro atoms. The molecule has 0 saturated heterocycles. The Morgan fingerprint density at radius 3 is 1.24 bits per heavy atom. The highest BCUT2D eigenvalue weighted by Gasteiger charge is 2.38. The van der Waals surface area contributed by atoms with Gasteiger partial charge >= 0.3 is 0 Å². The third kappa shape index (κ3) is 8.29. The van der Waals surface area contributed by atoms with E-state index in [-0.39, 0.29) is 17.4 Å². The molecule has 0 saturated carbocycles. The van der Waals surface area contributed by atoms with Gasteiger partial charge in [-0.15, -0.1) is 0 Å². The van der Waals surface area contributed by atoms with E-state index < -0.39 is 0 Å². The normalized spacial score (nSPS) is 14.6. The molecule has 0 N–H and O–H groups in total. The summed E-state index contributed by atoms with van der Waals surface area (Å²) in [6.45, 7) is 6.91. The standard InChI is InChI=1S/C78H60N4/c1-78(2,3)55-40-47-73-69(50-55)71-52-63(80(58-26-12-6-13-27-58)59-28-14-7-15-29-59)46-49-75(71)82(73)61-43-38-54(39-44-61)77-67-33-18-16-31-65(67)76(66-32-17-19-34-68(66)77)53-36-41-60(42-37-53)81-72-35-21-20-30-64(72)70-51-62(45-48-74(70)81)79(56-22-8-4-9-23-56)57-24-10-5-11-25-57/h4-52,64,72H,1-3H3. The van der Waals surface area contributed by atoms with Gasteiger partial charge in [0.2, 0.25) is 0 Å². The Morgan fingerprint density at radius 1 is 0.341 bits per heavy atom. The molecule has 2 unspecified atom stereocenters. The number of hydrogen-bond acceptors (Lipinski definition) is 3. The van der Waals surface area contributed by atoms with E-state index in [0.29, 0.717) is 0 Å². The number of para-hydroxylation sites is 4. The summed E-state index contributed by atoms with van der Waals surface area (Å²) < 4.78 is 2.45. The first kappa shape index (κ1) is 48.9. The van der Waals surface area contributed by atoms with Gasteiger partial charge in [-0.1, -0.05) is 197 Å². The van der Waals surface area contributed by atoms with E-state index in [1.54, 1.807) is 0 Å². The van der Waals surface area contributed by atoms with Gasteiger partial charge in [-0.05, 0) is 182 Å². The van der Waals surface area contributed by atoms with E-state index >= 15 is 0 Å². The number of hydrogen-bond donors (Lipinski definition) is 0. The number of rotatable bonds is 10. The Hall–Kier alpha value is -10.2. The van der Waals surface area contributed by atoms with Gasteiger partial charge in [0, 0.05) is 67.9 Å². The molecule has 1 aromatic heterocycles. The molecule has 0 radical (unpaired) electrons. The van der Waals surface area contributed by atoms with Crippen molar-refractivity contribution < 1.29 is 0 Å². The van der Waals surface area contributed by atoms with Gasteiger partial charge in [0.15, 0.2) is 0 Å². The fraction of sp³-hybridized carbons (Fsp3) is 0.0769. The van der Waals surface area contributed by atoms with Gasteiger partial charge in [-0.2, -0.15) is 0 Å². The summed E-state index contributed by atoms with van der Waals surface area (Å²) in [5, 5.41) is 7.42. The van der Waals surface area contributed by atoms with E-state index in [1.807, 2.05) is 0 Å². The van der Waals surface area contributed by atoms with Crippen molar-refractivity contribution >= 4 is 88.8 Å². The molecule has 0 bridgehead atoms. The molecule has 1 aliphatic heterocycles. The molecule has 0 fully saturated rings. The van der Waals surface area contributed by atoms with Crippen LogP contribution in [0.3, 0.4) is 0 Å². The van der Waals surface area contributed by atoms with Gasteiger partial charge in [0.25, 0.3) is 0 Å². The summed E-state index contributed by atoms with van der Waals surface area (Å²) in [5.74, 6) is 0.219. The highest BCUT2D eigenvalue weighted by atomic mass is 15.2. The third-order valence-electron chi connectivity index (χ3n) is 17.0. The van der Waals surface area contributed by atoms with E-state index in [4.69, 9.17) is 0 Å². The van der Waals surface area contributed by atoms with Crippen LogP contribution in [0.1, 0.15) is 37.8 Å². The van der Waals surface area contributed by atoms with Crippen molar-refractivity contribution in [1.82, 2.24) is 4.57 Å². The zero-order valence-electron chi connectivity index (χ0n) is 46.2. The van der Waals surface area contributed by atoms with Crippen molar-refractivity contribution in [3.8, 4) is 27.9 Å². The second-order valence-corrected chi connectivity index (χ2v) is 22.9. The van der Waals surface area contributed by atoms with Crippen LogP contribution in [-0.2, 0) is 5.41 Å². The Labute approximate surface area is 480 Å². The second-order valence-electron chi connectivity index (χ2n) is 22.9. The summed E-state index contributed by atoms with van der Waals surface area (Å²) in [4.78, 5) is 7.26. The van der Waals surface area contributed by atoms with Crippen LogP contribution < -0.4 is 14.7 Å². The molecule has 392 valence electrons. The van der Waals surface area contributed by atoms with Crippen molar-refractivity contribution in [3.63, 3.8) is 0 Å². The summed E-state index contributed by atoms with van der Waals surface area (Å²) in [6.07, 6.45) is 9.15. The van der Waals surface area contributed by atoms with Crippen molar-refractivity contribution in [2.45, 2.75) is 38.1 Å². The number of allylic oxidation sites excluding steroid dienone is 2. The lowest BCUT2D eigenvalue weighted by Crippen LogP contribution is -2.28. The van der Waals surface area contributed by atoms with Crippen molar-refractivity contribution in [2.24, 2.45) is 0 Å². The summed E-state index contributed by atoms with van der Waals surface area (Å²) in [7, 11) is 0. The van der Waals surface area contributed by atoms with Gasteiger partial charge < -0.3 is 19.3 Å². The quantitative estimate of drug-likeness (QED) is 0.127. The highest BCUT2D eigenvalue weighted by molar-refractivity contribution is 6.21. The number of aromatic nitrogens is 1. The van der Waals surface area contributed by atoms with Gasteiger partial charge in [-0.25, -0.2) is 0 Å². The average molecular weight is 1050 g/mol. The SMILES string of the molecule is CC(C)(C)c1ccc2c(c1)c1cc(N(c3ccccc3)c3ccccc3)ccc1n2-c1ccc(-c2c3ccccc3c(-c3ccc(N4c5ccc(N(c6ccccc6)c6ccccc6)cc5C5C=CC=CC54)cc3)c3ccccc23)cc1. The van der Waals surface area contributed by atoms with E-state index in [0.717, 1.165) is 39.8 Å². The van der Waals surface area contributed by atoms with Crippen molar-refractivity contribution in [1.29, 1.82) is 0 Å². The van der Waals surface area contributed by atoms with Crippen LogP contribution in [0.4, 0.5) is 45.5 Å². The predicted octanol–water partition coefficient (Wildman–Crippen LogP) is 21.4. The zero-order chi connectivity index (χ0) is 54.9. The lowest BCUT2D eigenvalue weighted by Gasteiger charge is -2.29. The predicted molar refractivity (Wildman–Crippen MR) is 348 cm³/mol. The molecule has 2 aliphatic rings. The Kier molecular flexibility index (Phi) is 11.9. The topological polar surface area (TPSA) is 14.7 Å². The third-order valence-corrected chi connectivity index (χ3v) is 17.0. The molecule has 4 nitrogen and oxygen atoms in total. The average Bonchev–Trinajstić information content (AvgIpc) is 4.20. The Balaban J connectivity index is 0.806. The molecule has 1 aliphatic carbocycles. The van der Waals surface area contributed by atoms with Gasteiger partial charge in [0.05, 0.1) is 17.1 Å². The minimum Gasteiger partial charge on any atom is -0.333 e. The van der Waals surface area contributed by atoms with Crippen molar-refractivity contribution in [3.05, 3.63) is 308 Å². The molecule has 12 aromatic carbocycles. The van der Waals surface area contributed by atoms with Gasteiger partial charge in [0.1, 0.15) is 0 Å². The molecular weight excluding hydrogens is 993 g/mol. The fourth-order valence-electron chi connectivity index (χ4n) is 13.2. The maximum atomic E-state index is 2.54. The zero-order valence-corrected chi connectivity index (χ0v) is 46.2. The molecule has 15 rings (SSSR count). The Bertz CT molecular complexity index is 4460. The minimum absolute atomic E-state index is 0.0109. The highest BCUT2D eigenvalue weighted by Crippen LogP contribution is 2.51. The van der Waals surface area contributed by atoms with Crippen LogP contribution in [-0.4, -0.2) is 10.6 Å². The summed E-state index contributed by atoms with van der Waals surface area (Å²) in [6, 6.07) is 101. The molecule has 0 amide bonds. The molecule has 4 heteroatoms. The molecule has 2 heterocycles. The number of benzene rings is 12. The largest absolute Gasteiger partial charge is 0.333 e. The molecule has 82 heavy (non-hydrogen) atoms. The van der Waals surface area contributed by atoms with E-state index in [9.17, 15) is 0 Å². The molecule has 13 aromatic rings. The molecule has 2 atom stereocenters. The number of fused-ring (bicyclic) bond motifs is 8. The maximum Gasteiger partial charge on any atom is 0.0629 e. The Morgan fingerprint density at radius 2 is 0.756 bits per heavy atom. The minimum atomic E-state index is -0.0109. The van der Waals surface area contributed by atoms with Crippen LogP contribution in [0.25, 0.3) is 71.3 Å². The smallest absolute Gasteiger partial charge is 0.0629 e. The maximum absolute atomic E-state index is 2.54. The first-order chi connectivity index (χ1) is 40.3. The summed E-state index contributed by atoms with van der Waals surface area (Å²) in [5.41, 5.74) is 20.2. The lowest BCUT2D eigenvalue weighted by atomic mass is 9.86. The van der Waals surface area contributed by atoms with E-state index in [1.165, 1.54) is 88.1 Å². The lowest BCUT2D eigenvalue weighted by molar-refractivity contribution is 0.591. The van der Waals surface area contributed by atoms with E-state index in [2.05, 4.69) is 337 Å². The first-order valence-corrected chi connectivity index (χ1v) is 28.7. The van der Waals surface area contributed by atoms with Crippen molar-refractivity contribution in [2.75, 3.05) is 14.7 Å². The summed E-state index contributed by atoms with van der Waals surface area (Å²) >= 11 is 0. The number of nitrogens with zero attached hydrogens (tertiary/aromatic N) is 4. The first-order valence-electron chi connectivity index (χ1n) is 28.7. The molecular formula is C78H60N4.